The summed E-state index contributed by atoms with van der Waals surface area (Å²) < 4.78 is 2.19. The number of nitrogens with zero attached hydrogens (tertiary/aromatic N) is 3. The zero-order valence-electron chi connectivity index (χ0n) is 17.8. The van der Waals surface area contributed by atoms with Gasteiger partial charge in [0.2, 0.25) is 5.91 Å². The maximum atomic E-state index is 11.7. The van der Waals surface area contributed by atoms with Gasteiger partial charge in [0, 0.05) is 56.6 Å². The SMILES string of the molecule is CNC(=O)C1C=CN(Sc2ccc(-c3ccc(N4CCN(C)CC4)cc3)cc2)CC1. The zero-order chi connectivity index (χ0) is 20.9. The summed E-state index contributed by atoms with van der Waals surface area (Å²) in [7, 11) is 3.88. The Morgan fingerprint density at radius 2 is 1.57 bits per heavy atom. The third-order valence-electron chi connectivity index (χ3n) is 5.87. The van der Waals surface area contributed by atoms with E-state index in [0.29, 0.717) is 0 Å². The number of carbonyl (C=O) groups is 1. The Balaban J connectivity index is 1.35. The number of amides is 1. The summed E-state index contributed by atoms with van der Waals surface area (Å²) in [6, 6.07) is 17.7. The summed E-state index contributed by atoms with van der Waals surface area (Å²) in [6.07, 6.45) is 4.87. The van der Waals surface area contributed by atoms with Gasteiger partial charge < -0.3 is 19.4 Å². The van der Waals surface area contributed by atoms with Gasteiger partial charge in [-0.1, -0.05) is 30.3 Å². The van der Waals surface area contributed by atoms with Crippen LogP contribution in [0.4, 0.5) is 5.69 Å². The maximum absolute atomic E-state index is 11.7. The van der Waals surface area contributed by atoms with E-state index in [0.717, 1.165) is 39.1 Å². The monoisotopic (exact) mass is 422 g/mol. The van der Waals surface area contributed by atoms with E-state index in [4.69, 9.17) is 0 Å². The topological polar surface area (TPSA) is 38.8 Å². The first-order valence-electron chi connectivity index (χ1n) is 10.6. The van der Waals surface area contributed by atoms with Crippen molar-refractivity contribution in [3.8, 4) is 11.1 Å². The van der Waals surface area contributed by atoms with Crippen LogP contribution in [0.15, 0.2) is 65.7 Å². The Kier molecular flexibility index (Phi) is 6.65. The fourth-order valence-electron chi connectivity index (χ4n) is 3.89. The van der Waals surface area contributed by atoms with Crippen LogP contribution in [-0.4, -0.2) is 61.9 Å². The summed E-state index contributed by atoms with van der Waals surface area (Å²) in [4.78, 5) is 17.8. The van der Waals surface area contributed by atoms with Crippen molar-refractivity contribution in [2.24, 2.45) is 5.92 Å². The predicted molar refractivity (Wildman–Crippen MR) is 125 cm³/mol. The molecule has 4 rings (SSSR count). The molecule has 158 valence electrons. The molecule has 2 heterocycles. The van der Waals surface area contributed by atoms with Gasteiger partial charge in [0.05, 0.1) is 5.92 Å². The number of hydrogen-bond acceptors (Lipinski definition) is 5. The van der Waals surface area contributed by atoms with Crippen molar-refractivity contribution in [2.75, 3.05) is 51.7 Å². The molecule has 0 saturated carbocycles. The van der Waals surface area contributed by atoms with E-state index in [1.807, 2.05) is 12.3 Å². The van der Waals surface area contributed by atoms with Crippen LogP contribution in [0.2, 0.25) is 0 Å². The number of hydrogen-bond donors (Lipinski definition) is 1. The molecule has 0 radical (unpaired) electrons. The van der Waals surface area contributed by atoms with Crippen LogP contribution in [0.25, 0.3) is 11.1 Å². The highest BCUT2D eigenvalue weighted by molar-refractivity contribution is 7.97. The number of piperazine rings is 1. The fourth-order valence-corrected chi connectivity index (χ4v) is 4.75. The van der Waals surface area contributed by atoms with Crippen LogP contribution in [0.1, 0.15) is 6.42 Å². The van der Waals surface area contributed by atoms with E-state index in [1.54, 1.807) is 19.0 Å². The number of rotatable bonds is 5. The predicted octanol–water partition coefficient (Wildman–Crippen LogP) is 3.69. The van der Waals surface area contributed by atoms with Gasteiger partial charge in [-0.3, -0.25) is 4.79 Å². The van der Waals surface area contributed by atoms with E-state index in [-0.39, 0.29) is 11.8 Å². The molecule has 30 heavy (non-hydrogen) atoms. The highest BCUT2D eigenvalue weighted by Gasteiger charge is 2.19. The lowest BCUT2D eigenvalue weighted by molar-refractivity contribution is -0.123. The molecular formula is C24H30N4OS. The number of likely N-dealkylation sites (N-methyl/N-ethyl adjacent to an activating group) is 1. The zero-order valence-corrected chi connectivity index (χ0v) is 18.6. The number of nitrogens with one attached hydrogen (secondary N) is 1. The smallest absolute Gasteiger partial charge is 0.226 e. The normalized spacial score (nSPS) is 19.7. The van der Waals surface area contributed by atoms with Gasteiger partial charge in [-0.15, -0.1) is 0 Å². The molecule has 1 amide bonds. The molecule has 0 bridgehead atoms. The van der Waals surface area contributed by atoms with Crippen LogP contribution in [0.3, 0.4) is 0 Å². The first-order valence-corrected chi connectivity index (χ1v) is 11.4. The lowest BCUT2D eigenvalue weighted by Crippen LogP contribution is -2.44. The molecule has 2 aromatic carbocycles. The lowest BCUT2D eigenvalue weighted by atomic mass is 10.0. The van der Waals surface area contributed by atoms with Crippen LogP contribution in [-0.2, 0) is 4.79 Å². The third kappa shape index (κ3) is 4.99. The Bertz CT molecular complexity index is 873. The molecule has 1 unspecified atom stereocenters. The largest absolute Gasteiger partial charge is 0.369 e. The summed E-state index contributed by atoms with van der Waals surface area (Å²) in [5.74, 6) is 0.0851. The van der Waals surface area contributed by atoms with Crippen molar-refractivity contribution in [1.29, 1.82) is 0 Å². The Morgan fingerprint density at radius 1 is 0.933 bits per heavy atom. The number of anilines is 1. The molecule has 0 aromatic heterocycles. The van der Waals surface area contributed by atoms with Gasteiger partial charge in [0.15, 0.2) is 0 Å². The van der Waals surface area contributed by atoms with Gasteiger partial charge in [-0.25, -0.2) is 0 Å². The second kappa shape index (κ2) is 9.58. The maximum Gasteiger partial charge on any atom is 0.226 e. The summed E-state index contributed by atoms with van der Waals surface area (Å²) in [5.41, 5.74) is 3.79. The van der Waals surface area contributed by atoms with Crippen molar-refractivity contribution in [1.82, 2.24) is 14.5 Å². The Labute approximate surface area is 183 Å². The molecule has 2 aliphatic rings. The van der Waals surface area contributed by atoms with Gasteiger partial charge >= 0.3 is 0 Å². The second-order valence-corrected chi connectivity index (χ2v) is 9.07. The standard InChI is InChI=1S/C24H30N4OS/c1-25-24(29)21-11-13-28(14-12-21)30-23-9-5-20(6-10-23)19-3-7-22(8-4-19)27-17-15-26(2)16-18-27/h3-11,13,21H,12,14-18H2,1-2H3,(H,25,29). The Hall–Kier alpha value is -2.44. The highest BCUT2D eigenvalue weighted by atomic mass is 32.2. The summed E-state index contributed by atoms with van der Waals surface area (Å²) in [6.45, 7) is 5.31. The minimum absolute atomic E-state index is 0.0111. The molecule has 0 spiro atoms. The number of carbonyl (C=O) groups excluding carboxylic acids is 1. The van der Waals surface area contributed by atoms with E-state index in [1.165, 1.54) is 21.7 Å². The van der Waals surface area contributed by atoms with Crippen LogP contribution >= 0.6 is 11.9 Å². The average Bonchev–Trinajstić information content (AvgIpc) is 2.80. The van der Waals surface area contributed by atoms with Crippen molar-refractivity contribution >= 4 is 23.5 Å². The lowest BCUT2D eigenvalue weighted by Gasteiger charge is -2.34. The molecule has 6 heteroatoms. The highest BCUT2D eigenvalue weighted by Crippen LogP contribution is 2.30. The van der Waals surface area contributed by atoms with Gasteiger partial charge in [0.25, 0.3) is 0 Å². The van der Waals surface area contributed by atoms with E-state index < -0.39 is 0 Å². The molecule has 2 aromatic rings. The third-order valence-corrected chi connectivity index (χ3v) is 6.90. The van der Waals surface area contributed by atoms with Gasteiger partial charge in [-0.2, -0.15) is 0 Å². The fraction of sp³-hybridized carbons (Fsp3) is 0.375. The molecule has 0 aliphatic carbocycles. The second-order valence-electron chi connectivity index (χ2n) is 7.94. The molecule has 1 atom stereocenters. The molecule has 1 N–H and O–H groups in total. The first kappa shape index (κ1) is 20.8. The summed E-state index contributed by atoms with van der Waals surface area (Å²) in [5, 5.41) is 2.72. The van der Waals surface area contributed by atoms with E-state index >= 15 is 0 Å². The number of benzene rings is 2. The molecular weight excluding hydrogens is 392 g/mol. The van der Waals surface area contributed by atoms with Crippen molar-refractivity contribution < 1.29 is 4.79 Å². The Morgan fingerprint density at radius 3 is 2.13 bits per heavy atom. The first-order chi connectivity index (χ1) is 14.6. The molecule has 1 saturated heterocycles. The van der Waals surface area contributed by atoms with Crippen molar-refractivity contribution in [2.45, 2.75) is 11.3 Å². The molecule has 2 aliphatic heterocycles. The van der Waals surface area contributed by atoms with Gasteiger partial charge in [-0.05, 0) is 60.8 Å². The van der Waals surface area contributed by atoms with Crippen LogP contribution in [0.5, 0.6) is 0 Å². The molecule has 5 nitrogen and oxygen atoms in total. The van der Waals surface area contributed by atoms with Crippen LogP contribution < -0.4 is 10.2 Å². The summed E-state index contributed by atoms with van der Waals surface area (Å²) >= 11 is 1.72. The van der Waals surface area contributed by atoms with Crippen molar-refractivity contribution in [3.05, 3.63) is 60.8 Å². The van der Waals surface area contributed by atoms with Gasteiger partial charge in [0.1, 0.15) is 0 Å². The minimum atomic E-state index is -0.0111. The average molecular weight is 423 g/mol. The minimum Gasteiger partial charge on any atom is -0.369 e. The quantitative estimate of drug-likeness (QED) is 0.744. The van der Waals surface area contributed by atoms with E-state index in [2.05, 4.69) is 75.0 Å². The van der Waals surface area contributed by atoms with Crippen molar-refractivity contribution in [3.63, 3.8) is 0 Å². The van der Waals surface area contributed by atoms with Crippen LogP contribution in [0, 0.1) is 5.92 Å². The molecule has 1 fully saturated rings. The van der Waals surface area contributed by atoms with E-state index in [9.17, 15) is 4.79 Å².